The summed E-state index contributed by atoms with van der Waals surface area (Å²) in [6.45, 7) is 2.14. The van der Waals surface area contributed by atoms with E-state index in [2.05, 4.69) is 15.3 Å². The Morgan fingerprint density at radius 2 is 2.30 bits per heavy atom. The third kappa shape index (κ3) is 3.19. The predicted octanol–water partition coefficient (Wildman–Crippen LogP) is 1.60. The van der Waals surface area contributed by atoms with Gasteiger partial charge in [-0.05, 0) is 18.6 Å². The minimum atomic E-state index is -0.555. The van der Waals surface area contributed by atoms with Crippen LogP contribution in [0.2, 0.25) is 0 Å². The van der Waals surface area contributed by atoms with E-state index in [1.165, 1.54) is 12.1 Å². The Bertz CT molecular complexity index is 623. The molecule has 104 valence electrons. The quantitative estimate of drug-likeness (QED) is 0.638. The molecule has 7 heteroatoms. The number of aryl methyl sites for hydroxylation is 1. The summed E-state index contributed by atoms with van der Waals surface area (Å²) in [6.07, 6.45) is 3.86. The summed E-state index contributed by atoms with van der Waals surface area (Å²) in [4.78, 5) is 29.3. The van der Waals surface area contributed by atoms with Gasteiger partial charge in [-0.15, -0.1) is 0 Å². The zero-order chi connectivity index (χ0) is 14.5. The first kappa shape index (κ1) is 13.7. The van der Waals surface area contributed by atoms with Gasteiger partial charge in [0.1, 0.15) is 11.4 Å². The lowest BCUT2D eigenvalue weighted by Gasteiger charge is -2.06. The van der Waals surface area contributed by atoms with Crippen molar-refractivity contribution in [3.63, 3.8) is 0 Å². The van der Waals surface area contributed by atoms with Crippen LogP contribution in [0.5, 0.6) is 0 Å². The normalized spacial score (nSPS) is 10.2. The van der Waals surface area contributed by atoms with Gasteiger partial charge in [-0.3, -0.25) is 14.9 Å². The van der Waals surface area contributed by atoms with Crippen LogP contribution in [0.3, 0.4) is 0 Å². The Hall–Kier alpha value is -2.70. The molecule has 0 aliphatic carbocycles. The van der Waals surface area contributed by atoms with Gasteiger partial charge in [-0.2, -0.15) is 0 Å². The molecule has 1 aromatic heterocycles. The number of imidazole rings is 1. The SMILES string of the molecule is Cc1ccc([N+](=O)[O-])c(C(=O)NCCc2ncc[nH]2)c1. The highest BCUT2D eigenvalue weighted by molar-refractivity contribution is 5.98. The van der Waals surface area contributed by atoms with Crippen molar-refractivity contribution >= 4 is 11.6 Å². The van der Waals surface area contributed by atoms with Crippen molar-refractivity contribution in [2.24, 2.45) is 0 Å². The highest BCUT2D eigenvalue weighted by atomic mass is 16.6. The van der Waals surface area contributed by atoms with Crippen molar-refractivity contribution in [1.29, 1.82) is 0 Å². The van der Waals surface area contributed by atoms with Crippen molar-refractivity contribution in [3.8, 4) is 0 Å². The molecular weight excluding hydrogens is 260 g/mol. The largest absolute Gasteiger partial charge is 0.351 e. The molecule has 0 saturated heterocycles. The Morgan fingerprint density at radius 3 is 2.95 bits per heavy atom. The highest BCUT2D eigenvalue weighted by Crippen LogP contribution is 2.19. The minimum absolute atomic E-state index is 0.0782. The van der Waals surface area contributed by atoms with Crippen LogP contribution >= 0.6 is 0 Å². The van der Waals surface area contributed by atoms with Crippen LogP contribution in [0.25, 0.3) is 0 Å². The maximum absolute atomic E-state index is 12.0. The molecule has 0 unspecified atom stereocenters. The van der Waals surface area contributed by atoms with Gasteiger partial charge < -0.3 is 10.3 Å². The van der Waals surface area contributed by atoms with Gasteiger partial charge in [0.25, 0.3) is 11.6 Å². The molecule has 2 N–H and O–H groups in total. The number of nitro benzene ring substituents is 1. The highest BCUT2D eigenvalue weighted by Gasteiger charge is 2.19. The monoisotopic (exact) mass is 274 g/mol. The first-order valence-corrected chi connectivity index (χ1v) is 6.09. The fraction of sp³-hybridized carbons (Fsp3) is 0.231. The van der Waals surface area contributed by atoms with E-state index in [1.807, 2.05) is 0 Å². The Kier molecular flexibility index (Phi) is 4.09. The van der Waals surface area contributed by atoms with Crippen molar-refractivity contribution in [3.05, 3.63) is 57.7 Å². The number of nitrogens with one attached hydrogen (secondary N) is 2. The van der Waals surface area contributed by atoms with Gasteiger partial charge in [-0.1, -0.05) is 6.07 Å². The number of rotatable bonds is 5. The van der Waals surface area contributed by atoms with Crippen LogP contribution in [0.1, 0.15) is 21.7 Å². The van der Waals surface area contributed by atoms with Crippen LogP contribution in [0.4, 0.5) is 5.69 Å². The number of nitrogens with zero attached hydrogens (tertiary/aromatic N) is 2. The summed E-state index contributed by atoms with van der Waals surface area (Å²) in [7, 11) is 0. The lowest BCUT2D eigenvalue weighted by atomic mass is 10.1. The summed E-state index contributed by atoms with van der Waals surface area (Å²) in [5.74, 6) is 0.302. The fourth-order valence-electron chi connectivity index (χ4n) is 1.82. The van der Waals surface area contributed by atoms with Gasteiger partial charge in [0.15, 0.2) is 0 Å². The molecule has 7 nitrogen and oxygen atoms in total. The molecule has 0 fully saturated rings. The van der Waals surface area contributed by atoms with Crippen LogP contribution in [-0.4, -0.2) is 27.3 Å². The second-order valence-corrected chi connectivity index (χ2v) is 4.32. The first-order valence-electron chi connectivity index (χ1n) is 6.09. The van der Waals surface area contributed by atoms with E-state index >= 15 is 0 Å². The second kappa shape index (κ2) is 5.96. The van der Waals surface area contributed by atoms with Crippen LogP contribution in [0, 0.1) is 17.0 Å². The van der Waals surface area contributed by atoms with Crippen LogP contribution in [-0.2, 0) is 6.42 Å². The number of nitro groups is 1. The minimum Gasteiger partial charge on any atom is -0.351 e. The van der Waals surface area contributed by atoms with Gasteiger partial charge in [-0.25, -0.2) is 4.98 Å². The number of carbonyl (C=O) groups excluding carboxylic acids is 1. The van der Waals surface area contributed by atoms with Gasteiger partial charge in [0, 0.05) is 31.4 Å². The number of aromatic amines is 1. The van der Waals surface area contributed by atoms with Gasteiger partial charge in [0.2, 0.25) is 0 Å². The smallest absolute Gasteiger partial charge is 0.282 e. The van der Waals surface area contributed by atoms with Crippen molar-refractivity contribution in [2.75, 3.05) is 6.54 Å². The number of amides is 1. The van der Waals surface area contributed by atoms with E-state index in [9.17, 15) is 14.9 Å². The zero-order valence-electron chi connectivity index (χ0n) is 10.9. The van der Waals surface area contributed by atoms with Crippen molar-refractivity contribution in [1.82, 2.24) is 15.3 Å². The third-order valence-corrected chi connectivity index (χ3v) is 2.80. The van der Waals surface area contributed by atoms with Crippen LogP contribution in [0.15, 0.2) is 30.6 Å². The molecular formula is C13H14N4O3. The van der Waals surface area contributed by atoms with E-state index in [0.717, 1.165) is 11.4 Å². The molecule has 0 aliphatic rings. The molecule has 0 radical (unpaired) electrons. The predicted molar refractivity (Wildman–Crippen MR) is 72.5 cm³/mol. The van der Waals surface area contributed by atoms with Crippen molar-refractivity contribution < 1.29 is 9.72 Å². The van der Waals surface area contributed by atoms with Gasteiger partial charge >= 0.3 is 0 Å². The molecule has 2 aromatic rings. The summed E-state index contributed by atoms with van der Waals surface area (Å²) < 4.78 is 0. The number of H-pyrrole nitrogens is 1. The second-order valence-electron chi connectivity index (χ2n) is 4.32. The maximum Gasteiger partial charge on any atom is 0.282 e. The third-order valence-electron chi connectivity index (χ3n) is 2.80. The number of aromatic nitrogens is 2. The lowest BCUT2D eigenvalue weighted by molar-refractivity contribution is -0.385. The average Bonchev–Trinajstić information content (AvgIpc) is 2.91. The Morgan fingerprint density at radius 1 is 1.50 bits per heavy atom. The molecule has 0 spiro atoms. The lowest BCUT2D eigenvalue weighted by Crippen LogP contribution is -2.26. The molecule has 1 heterocycles. The summed E-state index contributed by atoms with van der Waals surface area (Å²) in [5, 5.41) is 13.6. The molecule has 0 bridgehead atoms. The molecule has 1 aromatic carbocycles. The standard InChI is InChI=1S/C13H14N4O3/c1-9-2-3-11(17(19)20)10(8-9)13(18)16-5-4-12-14-6-7-15-12/h2-3,6-8H,4-5H2,1H3,(H,14,15)(H,16,18). The number of benzene rings is 1. The van der Waals surface area contributed by atoms with E-state index in [1.54, 1.807) is 25.4 Å². The molecule has 0 aliphatic heterocycles. The summed E-state index contributed by atoms with van der Waals surface area (Å²) in [6, 6.07) is 4.47. The summed E-state index contributed by atoms with van der Waals surface area (Å²) >= 11 is 0. The van der Waals surface area contributed by atoms with Crippen molar-refractivity contribution in [2.45, 2.75) is 13.3 Å². The average molecular weight is 274 g/mol. The Balaban J connectivity index is 2.05. The number of hydrogen-bond acceptors (Lipinski definition) is 4. The number of carbonyl (C=O) groups is 1. The molecule has 2 rings (SSSR count). The number of hydrogen-bond donors (Lipinski definition) is 2. The van der Waals surface area contributed by atoms with E-state index in [4.69, 9.17) is 0 Å². The topological polar surface area (TPSA) is 101 Å². The molecule has 1 amide bonds. The molecule has 0 atom stereocenters. The van der Waals surface area contributed by atoms with E-state index in [-0.39, 0.29) is 11.3 Å². The zero-order valence-corrected chi connectivity index (χ0v) is 10.9. The molecule has 20 heavy (non-hydrogen) atoms. The fourth-order valence-corrected chi connectivity index (χ4v) is 1.82. The molecule has 0 saturated carbocycles. The summed E-state index contributed by atoms with van der Waals surface area (Å²) in [5.41, 5.74) is 0.687. The van der Waals surface area contributed by atoms with Gasteiger partial charge in [0.05, 0.1) is 4.92 Å². The maximum atomic E-state index is 12.0. The van der Waals surface area contributed by atoms with E-state index < -0.39 is 10.8 Å². The first-order chi connectivity index (χ1) is 9.58. The van der Waals surface area contributed by atoms with Crippen LogP contribution < -0.4 is 5.32 Å². The Labute approximate surface area is 115 Å². The van der Waals surface area contributed by atoms with E-state index in [0.29, 0.717) is 13.0 Å².